The average molecular weight is 322 g/mol. The van der Waals surface area contributed by atoms with E-state index in [0.717, 1.165) is 39.1 Å². The fourth-order valence-electron chi connectivity index (χ4n) is 3.19. The molecule has 0 bridgehead atoms. The van der Waals surface area contributed by atoms with Crippen LogP contribution in [0.5, 0.6) is 0 Å². The zero-order chi connectivity index (χ0) is 16.6. The van der Waals surface area contributed by atoms with Gasteiger partial charge in [-0.15, -0.1) is 10.2 Å². The Balaban J connectivity index is 1.75. The number of fused-ring (bicyclic) bond motifs is 2. The normalized spacial score (nSPS) is 11.2. The molecule has 0 spiro atoms. The van der Waals surface area contributed by atoms with E-state index in [1.165, 1.54) is 0 Å². The molecule has 3 heterocycles. The number of nitrogens with zero attached hydrogens (tertiary/aromatic N) is 4. The van der Waals surface area contributed by atoms with Gasteiger partial charge in [0.05, 0.1) is 5.52 Å². The third kappa shape index (κ3) is 2.27. The highest BCUT2D eigenvalue weighted by atomic mass is 15.2. The molecular weight excluding hydrogens is 308 g/mol. The lowest BCUT2D eigenvalue weighted by atomic mass is 10.0. The molecule has 4 heteroatoms. The van der Waals surface area contributed by atoms with Crippen LogP contribution < -0.4 is 0 Å². The molecule has 0 aliphatic heterocycles. The lowest BCUT2D eigenvalue weighted by molar-refractivity contribution is 1.11. The van der Waals surface area contributed by atoms with Gasteiger partial charge in [0.1, 0.15) is 0 Å². The SMILES string of the molecule is c1ccc(-c2nnc3ccc(-c4cccc5ncccc45)cn23)cc1. The van der Waals surface area contributed by atoms with Crippen LogP contribution in [0.1, 0.15) is 0 Å². The van der Waals surface area contributed by atoms with Crippen molar-refractivity contribution in [3.63, 3.8) is 0 Å². The molecule has 0 saturated heterocycles. The first kappa shape index (κ1) is 13.9. The molecule has 118 valence electrons. The van der Waals surface area contributed by atoms with Gasteiger partial charge in [0.25, 0.3) is 0 Å². The molecule has 4 nitrogen and oxygen atoms in total. The summed E-state index contributed by atoms with van der Waals surface area (Å²) in [5.41, 5.74) is 5.14. The molecule has 5 aromatic rings. The van der Waals surface area contributed by atoms with E-state index in [9.17, 15) is 0 Å². The van der Waals surface area contributed by atoms with Crippen molar-refractivity contribution in [1.29, 1.82) is 0 Å². The summed E-state index contributed by atoms with van der Waals surface area (Å²) in [5, 5.41) is 9.79. The van der Waals surface area contributed by atoms with Gasteiger partial charge >= 0.3 is 0 Å². The van der Waals surface area contributed by atoms with E-state index in [-0.39, 0.29) is 0 Å². The van der Waals surface area contributed by atoms with Gasteiger partial charge in [-0.2, -0.15) is 0 Å². The van der Waals surface area contributed by atoms with Crippen LogP contribution in [-0.4, -0.2) is 19.6 Å². The summed E-state index contributed by atoms with van der Waals surface area (Å²) >= 11 is 0. The molecule has 3 aromatic heterocycles. The molecule has 5 rings (SSSR count). The van der Waals surface area contributed by atoms with Crippen molar-refractivity contribution in [2.24, 2.45) is 0 Å². The number of hydrogen-bond acceptors (Lipinski definition) is 3. The van der Waals surface area contributed by atoms with E-state index in [4.69, 9.17) is 0 Å². The van der Waals surface area contributed by atoms with E-state index in [1.807, 2.05) is 65.2 Å². The van der Waals surface area contributed by atoms with E-state index in [1.54, 1.807) is 0 Å². The highest BCUT2D eigenvalue weighted by Crippen LogP contribution is 2.29. The molecule has 0 saturated carbocycles. The fraction of sp³-hybridized carbons (Fsp3) is 0. The molecular formula is C21H14N4. The third-order valence-corrected chi connectivity index (χ3v) is 4.39. The monoisotopic (exact) mass is 322 g/mol. The van der Waals surface area contributed by atoms with Crippen molar-refractivity contribution in [2.45, 2.75) is 0 Å². The number of benzene rings is 2. The Bertz CT molecular complexity index is 1190. The number of hydrogen-bond donors (Lipinski definition) is 0. The molecule has 0 atom stereocenters. The van der Waals surface area contributed by atoms with Gasteiger partial charge in [-0.3, -0.25) is 9.38 Å². The fourth-order valence-corrected chi connectivity index (χ4v) is 3.19. The predicted molar refractivity (Wildman–Crippen MR) is 99.2 cm³/mol. The summed E-state index contributed by atoms with van der Waals surface area (Å²) in [7, 11) is 0. The van der Waals surface area contributed by atoms with Gasteiger partial charge in [0.15, 0.2) is 11.5 Å². The van der Waals surface area contributed by atoms with Gasteiger partial charge in [-0.1, -0.05) is 48.5 Å². The summed E-state index contributed by atoms with van der Waals surface area (Å²) in [6.45, 7) is 0. The molecule has 0 fully saturated rings. The van der Waals surface area contributed by atoms with Crippen molar-refractivity contribution >= 4 is 16.6 Å². The first-order chi connectivity index (χ1) is 12.4. The van der Waals surface area contributed by atoms with Gasteiger partial charge in [-0.25, -0.2) is 0 Å². The molecule has 0 amide bonds. The molecule has 0 N–H and O–H groups in total. The Labute approximate surface area is 144 Å². The van der Waals surface area contributed by atoms with E-state index in [2.05, 4.69) is 39.6 Å². The second-order valence-corrected chi connectivity index (χ2v) is 5.91. The third-order valence-electron chi connectivity index (χ3n) is 4.39. The molecule has 0 aliphatic carbocycles. The smallest absolute Gasteiger partial charge is 0.168 e. The van der Waals surface area contributed by atoms with E-state index in [0.29, 0.717) is 0 Å². The van der Waals surface area contributed by atoms with Gasteiger partial charge in [0.2, 0.25) is 0 Å². The van der Waals surface area contributed by atoms with Crippen LogP contribution in [0.25, 0.3) is 39.1 Å². The predicted octanol–water partition coefficient (Wildman–Crippen LogP) is 4.61. The standard InChI is InChI=1S/C21H14N4/c1-2-6-15(7-3-1)21-24-23-20-12-11-16(14-25(20)21)17-8-4-10-19-18(17)9-5-13-22-19/h1-14H. The quantitative estimate of drug-likeness (QED) is 0.476. The van der Waals surface area contributed by atoms with E-state index < -0.39 is 0 Å². The average Bonchev–Trinajstić information content (AvgIpc) is 3.11. The Morgan fingerprint density at radius 3 is 2.52 bits per heavy atom. The topological polar surface area (TPSA) is 43.1 Å². The summed E-state index contributed by atoms with van der Waals surface area (Å²) < 4.78 is 2.04. The minimum atomic E-state index is 0.834. The van der Waals surface area contributed by atoms with Gasteiger partial charge < -0.3 is 0 Å². The van der Waals surface area contributed by atoms with Gasteiger partial charge in [-0.05, 0) is 35.4 Å². The largest absolute Gasteiger partial charge is 0.282 e. The molecule has 2 aromatic carbocycles. The Morgan fingerprint density at radius 2 is 1.60 bits per heavy atom. The summed E-state index contributed by atoms with van der Waals surface area (Å²) in [6.07, 6.45) is 3.92. The van der Waals surface area contributed by atoms with Crippen molar-refractivity contribution in [3.05, 3.63) is 85.2 Å². The summed E-state index contributed by atoms with van der Waals surface area (Å²) in [5.74, 6) is 0.843. The summed E-state index contributed by atoms with van der Waals surface area (Å²) in [4.78, 5) is 4.45. The highest BCUT2D eigenvalue weighted by molar-refractivity contribution is 5.94. The Morgan fingerprint density at radius 1 is 0.680 bits per heavy atom. The minimum absolute atomic E-state index is 0.834. The minimum Gasteiger partial charge on any atom is -0.282 e. The van der Waals surface area contributed by atoms with Crippen LogP contribution in [0.3, 0.4) is 0 Å². The maximum atomic E-state index is 4.45. The van der Waals surface area contributed by atoms with Crippen molar-refractivity contribution in [3.8, 4) is 22.5 Å². The van der Waals surface area contributed by atoms with Gasteiger partial charge in [0, 0.05) is 23.3 Å². The molecule has 0 aliphatic rings. The zero-order valence-electron chi connectivity index (χ0n) is 13.4. The van der Waals surface area contributed by atoms with Crippen LogP contribution in [0, 0.1) is 0 Å². The Kier molecular flexibility index (Phi) is 3.07. The zero-order valence-corrected chi connectivity index (χ0v) is 13.4. The summed E-state index contributed by atoms with van der Waals surface area (Å²) in [6, 6.07) is 24.5. The van der Waals surface area contributed by atoms with Crippen LogP contribution >= 0.6 is 0 Å². The van der Waals surface area contributed by atoms with Crippen LogP contribution in [-0.2, 0) is 0 Å². The first-order valence-corrected chi connectivity index (χ1v) is 8.14. The van der Waals surface area contributed by atoms with Crippen LogP contribution in [0.4, 0.5) is 0 Å². The van der Waals surface area contributed by atoms with Crippen molar-refractivity contribution in [1.82, 2.24) is 19.6 Å². The number of aromatic nitrogens is 4. The lowest BCUT2D eigenvalue weighted by Crippen LogP contribution is -1.91. The van der Waals surface area contributed by atoms with Crippen molar-refractivity contribution < 1.29 is 0 Å². The van der Waals surface area contributed by atoms with Crippen molar-refractivity contribution in [2.75, 3.05) is 0 Å². The molecule has 0 radical (unpaired) electrons. The van der Waals surface area contributed by atoms with Crippen LogP contribution in [0.2, 0.25) is 0 Å². The maximum Gasteiger partial charge on any atom is 0.168 e. The Hall–Kier alpha value is -3.53. The van der Waals surface area contributed by atoms with E-state index >= 15 is 0 Å². The molecule has 0 unspecified atom stereocenters. The number of rotatable bonds is 2. The lowest BCUT2D eigenvalue weighted by Gasteiger charge is -2.08. The maximum absolute atomic E-state index is 4.45. The second kappa shape index (κ2) is 5.53. The molecule has 25 heavy (non-hydrogen) atoms. The van der Waals surface area contributed by atoms with Crippen LogP contribution in [0.15, 0.2) is 85.2 Å². The second-order valence-electron chi connectivity index (χ2n) is 5.91. The first-order valence-electron chi connectivity index (χ1n) is 8.14. The highest BCUT2D eigenvalue weighted by Gasteiger charge is 2.10. The number of pyridine rings is 2.